The second-order valence-electron chi connectivity index (χ2n) is 4.08. The summed E-state index contributed by atoms with van der Waals surface area (Å²) in [7, 11) is 1.53. The summed E-state index contributed by atoms with van der Waals surface area (Å²) in [6.45, 7) is 2.68. The van der Waals surface area contributed by atoms with Gasteiger partial charge >= 0.3 is 0 Å². The zero-order chi connectivity index (χ0) is 13.0. The molecular formula is C13H17N3O2. The summed E-state index contributed by atoms with van der Waals surface area (Å²) < 4.78 is 5.00. The summed E-state index contributed by atoms with van der Waals surface area (Å²) in [5.41, 5.74) is 0.992. The second kappa shape index (κ2) is 5.55. The number of phenols is 1. The van der Waals surface area contributed by atoms with Crippen molar-refractivity contribution in [2.75, 3.05) is 7.11 Å². The third kappa shape index (κ3) is 2.81. The minimum absolute atomic E-state index is 0.129. The number of hydrogen-bond acceptors (Lipinski definition) is 4. The molecule has 0 fully saturated rings. The molecule has 18 heavy (non-hydrogen) atoms. The van der Waals surface area contributed by atoms with Crippen molar-refractivity contribution >= 4 is 0 Å². The molecule has 0 radical (unpaired) electrons. The molecule has 3 N–H and O–H groups in total. The number of aromatic hydroxyl groups is 1. The quantitative estimate of drug-likeness (QED) is 0.755. The smallest absolute Gasteiger partial charge is 0.160 e. The number of nitrogens with one attached hydrogen (secondary N) is 2. The van der Waals surface area contributed by atoms with Gasteiger partial charge in [-0.25, -0.2) is 4.98 Å². The van der Waals surface area contributed by atoms with Crippen LogP contribution >= 0.6 is 0 Å². The fourth-order valence-corrected chi connectivity index (χ4v) is 1.73. The van der Waals surface area contributed by atoms with Crippen LogP contribution in [0, 0.1) is 0 Å². The molecule has 0 aliphatic carbocycles. The molecule has 2 rings (SSSR count). The number of methoxy groups -OCH3 is 1. The lowest BCUT2D eigenvalue weighted by molar-refractivity contribution is 0.373. The molecule has 2 aromatic rings. The number of hydrogen-bond donors (Lipinski definition) is 3. The zero-order valence-electron chi connectivity index (χ0n) is 10.5. The van der Waals surface area contributed by atoms with Crippen LogP contribution in [0.3, 0.4) is 0 Å². The number of aromatic nitrogens is 2. The van der Waals surface area contributed by atoms with Crippen LogP contribution in [0.25, 0.3) is 0 Å². The molecule has 0 spiro atoms. The van der Waals surface area contributed by atoms with E-state index in [1.807, 2.05) is 13.0 Å². The molecule has 0 saturated heterocycles. The Kier molecular flexibility index (Phi) is 3.84. The van der Waals surface area contributed by atoms with E-state index in [1.165, 1.54) is 7.11 Å². The van der Waals surface area contributed by atoms with Gasteiger partial charge in [-0.3, -0.25) is 0 Å². The molecule has 0 saturated carbocycles. The summed E-state index contributed by atoms with van der Waals surface area (Å²) in [4.78, 5) is 7.25. The van der Waals surface area contributed by atoms with Crippen molar-refractivity contribution in [2.45, 2.75) is 19.5 Å². The Morgan fingerprint density at radius 2 is 2.33 bits per heavy atom. The molecule has 1 aromatic heterocycles. The van der Waals surface area contributed by atoms with Crippen LogP contribution in [-0.4, -0.2) is 22.2 Å². The fourth-order valence-electron chi connectivity index (χ4n) is 1.73. The maximum Gasteiger partial charge on any atom is 0.160 e. The van der Waals surface area contributed by atoms with Gasteiger partial charge in [0.25, 0.3) is 0 Å². The Bertz CT molecular complexity index is 497. The summed E-state index contributed by atoms with van der Waals surface area (Å²) in [6, 6.07) is 5.50. The number of ether oxygens (including phenoxy) is 1. The van der Waals surface area contributed by atoms with E-state index in [2.05, 4.69) is 15.3 Å². The number of imidazole rings is 1. The van der Waals surface area contributed by atoms with E-state index in [1.54, 1.807) is 24.5 Å². The third-order valence-electron chi connectivity index (χ3n) is 2.79. The first-order chi connectivity index (χ1) is 8.70. The first kappa shape index (κ1) is 12.4. The van der Waals surface area contributed by atoms with Crippen LogP contribution < -0.4 is 10.1 Å². The maximum absolute atomic E-state index is 9.67. The standard InChI is InChI=1S/C13H17N3O2/c1-9(13-14-5-6-15-13)16-8-10-3-4-12(18-2)11(17)7-10/h3-7,9,16-17H,8H2,1-2H3,(H,14,15). The molecule has 5 heteroatoms. The van der Waals surface area contributed by atoms with E-state index in [4.69, 9.17) is 4.74 Å². The minimum Gasteiger partial charge on any atom is -0.504 e. The molecular weight excluding hydrogens is 230 g/mol. The summed E-state index contributed by atoms with van der Waals surface area (Å²) in [6.07, 6.45) is 3.53. The summed E-state index contributed by atoms with van der Waals surface area (Å²) in [5, 5.41) is 13.0. The molecule has 0 aliphatic rings. The second-order valence-corrected chi connectivity index (χ2v) is 4.08. The Morgan fingerprint density at radius 3 is 2.94 bits per heavy atom. The molecule has 96 valence electrons. The molecule has 0 amide bonds. The van der Waals surface area contributed by atoms with Gasteiger partial charge in [-0.2, -0.15) is 0 Å². The van der Waals surface area contributed by atoms with E-state index in [0.29, 0.717) is 12.3 Å². The van der Waals surface area contributed by atoms with E-state index in [-0.39, 0.29) is 11.8 Å². The van der Waals surface area contributed by atoms with Gasteiger partial charge in [0, 0.05) is 18.9 Å². The molecule has 5 nitrogen and oxygen atoms in total. The van der Waals surface area contributed by atoms with E-state index < -0.39 is 0 Å². The Balaban J connectivity index is 1.96. The normalized spacial score (nSPS) is 12.3. The van der Waals surface area contributed by atoms with Crippen molar-refractivity contribution in [3.05, 3.63) is 42.0 Å². The SMILES string of the molecule is COc1ccc(CNC(C)c2ncc[nH]2)cc1O. The van der Waals surface area contributed by atoms with Crippen molar-refractivity contribution in [3.63, 3.8) is 0 Å². The van der Waals surface area contributed by atoms with Crippen LogP contribution in [0.1, 0.15) is 24.4 Å². The highest BCUT2D eigenvalue weighted by atomic mass is 16.5. The number of phenolic OH excluding ortho intramolecular Hbond substituents is 1. The molecule has 1 unspecified atom stereocenters. The van der Waals surface area contributed by atoms with E-state index in [0.717, 1.165) is 11.4 Å². The Hall–Kier alpha value is -2.01. The van der Waals surface area contributed by atoms with Crippen LogP contribution in [0.15, 0.2) is 30.6 Å². The van der Waals surface area contributed by atoms with Gasteiger partial charge in [0.05, 0.1) is 13.2 Å². The van der Waals surface area contributed by atoms with Crippen molar-refractivity contribution in [1.82, 2.24) is 15.3 Å². The minimum atomic E-state index is 0.129. The zero-order valence-corrected chi connectivity index (χ0v) is 10.5. The molecule has 0 bridgehead atoms. The predicted octanol–water partition coefficient (Wildman–Crippen LogP) is 1.97. The lowest BCUT2D eigenvalue weighted by Gasteiger charge is -2.12. The highest BCUT2D eigenvalue weighted by molar-refractivity contribution is 5.41. The predicted molar refractivity (Wildman–Crippen MR) is 68.5 cm³/mol. The first-order valence-corrected chi connectivity index (χ1v) is 5.79. The molecule has 1 aromatic carbocycles. The van der Waals surface area contributed by atoms with Crippen molar-refractivity contribution < 1.29 is 9.84 Å². The summed E-state index contributed by atoms with van der Waals surface area (Å²) in [5.74, 6) is 1.54. The van der Waals surface area contributed by atoms with Crippen molar-refractivity contribution in [1.29, 1.82) is 0 Å². The lowest BCUT2D eigenvalue weighted by Crippen LogP contribution is -2.19. The average Bonchev–Trinajstić information content (AvgIpc) is 2.90. The third-order valence-corrected chi connectivity index (χ3v) is 2.79. The summed E-state index contributed by atoms with van der Waals surface area (Å²) >= 11 is 0. The van der Waals surface area contributed by atoms with Gasteiger partial charge in [-0.05, 0) is 24.6 Å². The molecule has 0 aliphatic heterocycles. The van der Waals surface area contributed by atoms with E-state index >= 15 is 0 Å². The number of nitrogens with zero attached hydrogens (tertiary/aromatic N) is 1. The molecule has 1 atom stereocenters. The average molecular weight is 247 g/mol. The van der Waals surface area contributed by atoms with Gasteiger partial charge < -0.3 is 20.1 Å². The fraction of sp³-hybridized carbons (Fsp3) is 0.308. The van der Waals surface area contributed by atoms with E-state index in [9.17, 15) is 5.11 Å². The number of H-pyrrole nitrogens is 1. The van der Waals surface area contributed by atoms with Gasteiger partial charge in [-0.1, -0.05) is 6.07 Å². The lowest BCUT2D eigenvalue weighted by atomic mass is 10.2. The van der Waals surface area contributed by atoms with Gasteiger partial charge in [0.2, 0.25) is 0 Å². The van der Waals surface area contributed by atoms with Gasteiger partial charge in [0.15, 0.2) is 11.5 Å². The first-order valence-electron chi connectivity index (χ1n) is 5.79. The van der Waals surface area contributed by atoms with Crippen molar-refractivity contribution in [3.8, 4) is 11.5 Å². The van der Waals surface area contributed by atoms with Crippen LogP contribution in [0.2, 0.25) is 0 Å². The molecule has 1 heterocycles. The van der Waals surface area contributed by atoms with Crippen molar-refractivity contribution in [2.24, 2.45) is 0 Å². The maximum atomic E-state index is 9.67. The van der Waals surface area contributed by atoms with Gasteiger partial charge in [0.1, 0.15) is 5.82 Å². The number of benzene rings is 1. The van der Waals surface area contributed by atoms with Crippen LogP contribution in [0.5, 0.6) is 11.5 Å². The largest absolute Gasteiger partial charge is 0.504 e. The number of rotatable bonds is 5. The Morgan fingerprint density at radius 1 is 1.50 bits per heavy atom. The van der Waals surface area contributed by atoms with Gasteiger partial charge in [-0.15, -0.1) is 0 Å². The van der Waals surface area contributed by atoms with Crippen LogP contribution in [-0.2, 0) is 6.54 Å². The van der Waals surface area contributed by atoms with Crippen LogP contribution in [0.4, 0.5) is 0 Å². The topological polar surface area (TPSA) is 70.2 Å². The monoisotopic (exact) mass is 247 g/mol. The number of aromatic amines is 1. The highest BCUT2D eigenvalue weighted by Gasteiger charge is 2.07. The highest BCUT2D eigenvalue weighted by Crippen LogP contribution is 2.26. The Labute approximate surface area is 106 Å².